The van der Waals surface area contributed by atoms with Gasteiger partial charge in [0.1, 0.15) is 0 Å². The van der Waals surface area contributed by atoms with Gasteiger partial charge in [-0.25, -0.2) is 0 Å². The van der Waals surface area contributed by atoms with Crippen LogP contribution in [0.1, 0.15) is 51.4 Å². The summed E-state index contributed by atoms with van der Waals surface area (Å²) in [7, 11) is 0. The molecule has 1 aliphatic carbocycles. The molecule has 1 saturated carbocycles. The Morgan fingerprint density at radius 3 is 2.00 bits per heavy atom. The number of likely N-dealkylation sites (tertiary alicyclic amines) is 1. The molecule has 2 fully saturated rings. The fraction of sp³-hybridized carbons (Fsp3) is 1.00. The summed E-state index contributed by atoms with van der Waals surface area (Å²) in [6.07, 6.45) is 10.5. The fourth-order valence-electron chi connectivity index (χ4n) is 3.15. The summed E-state index contributed by atoms with van der Waals surface area (Å²) in [5, 5.41) is 9.65. The molecule has 2 aliphatic rings. The predicted molar refractivity (Wildman–Crippen MR) is 58.3 cm³/mol. The Labute approximate surface area is 87.3 Å². The molecule has 0 aromatic rings. The Morgan fingerprint density at radius 2 is 1.43 bits per heavy atom. The molecule has 82 valence electrons. The van der Waals surface area contributed by atoms with Crippen LogP contribution in [0.3, 0.4) is 0 Å². The van der Waals surface area contributed by atoms with Crippen LogP contribution in [0.5, 0.6) is 0 Å². The van der Waals surface area contributed by atoms with Crippen molar-refractivity contribution in [3.8, 4) is 0 Å². The largest absolute Gasteiger partial charge is 0.394 e. The second kappa shape index (κ2) is 4.63. The second-order valence-corrected chi connectivity index (χ2v) is 4.99. The van der Waals surface area contributed by atoms with Gasteiger partial charge in [-0.1, -0.05) is 25.7 Å². The first-order valence-corrected chi connectivity index (χ1v) is 6.23. The summed E-state index contributed by atoms with van der Waals surface area (Å²) in [6, 6.07) is 0. The molecule has 0 bridgehead atoms. The molecule has 14 heavy (non-hydrogen) atoms. The lowest BCUT2D eigenvalue weighted by atomic mass is 9.80. The first-order valence-electron chi connectivity index (χ1n) is 6.23. The Morgan fingerprint density at radius 1 is 0.857 bits per heavy atom. The molecule has 1 heterocycles. The SMILES string of the molecule is OCC1(N2CCCCC2)CCCCC1. The molecule has 0 radical (unpaired) electrons. The van der Waals surface area contributed by atoms with Crippen molar-refractivity contribution in [2.75, 3.05) is 19.7 Å². The van der Waals surface area contributed by atoms with Crippen LogP contribution in [0, 0.1) is 0 Å². The van der Waals surface area contributed by atoms with Crippen molar-refractivity contribution in [1.82, 2.24) is 4.90 Å². The molecule has 2 rings (SSSR count). The minimum atomic E-state index is 0.179. The number of piperidine rings is 1. The minimum Gasteiger partial charge on any atom is -0.394 e. The fourth-order valence-corrected chi connectivity index (χ4v) is 3.15. The summed E-state index contributed by atoms with van der Waals surface area (Å²) < 4.78 is 0. The topological polar surface area (TPSA) is 23.5 Å². The van der Waals surface area contributed by atoms with E-state index in [1.807, 2.05) is 0 Å². The maximum Gasteiger partial charge on any atom is 0.0615 e. The Balaban J connectivity index is 2.01. The average Bonchev–Trinajstić information content (AvgIpc) is 2.31. The van der Waals surface area contributed by atoms with Crippen molar-refractivity contribution in [2.24, 2.45) is 0 Å². The minimum absolute atomic E-state index is 0.179. The third-order valence-electron chi connectivity index (χ3n) is 4.11. The van der Waals surface area contributed by atoms with Crippen molar-refractivity contribution >= 4 is 0 Å². The van der Waals surface area contributed by atoms with Gasteiger partial charge in [0.15, 0.2) is 0 Å². The summed E-state index contributed by atoms with van der Waals surface area (Å²) in [5.41, 5.74) is 0.179. The van der Waals surface area contributed by atoms with E-state index in [0.717, 1.165) is 0 Å². The Bertz CT molecular complexity index is 169. The monoisotopic (exact) mass is 197 g/mol. The molecular weight excluding hydrogens is 174 g/mol. The highest BCUT2D eigenvalue weighted by Crippen LogP contribution is 2.34. The van der Waals surface area contributed by atoms with E-state index in [2.05, 4.69) is 4.90 Å². The van der Waals surface area contributed by atoms with Gasteiger partial charge >= 0.3 is 0 Å². The van der Waals surface area contributed by atoms with Gasteiger partial charge in [0.2, 0.25) is 0 Å². The standard InChI is InChI=1S/C12H23NO/c14-11-12(7-3-1-4-8-12)13-9-5-2-6-10-13/h14H,1-11H2. The molecule has 1 aliphatic heterocycles. The van der Waals surface area contributed by atoms with Crippen LogP contribution in [-0.4, -0.2) is 35.2 Å². The van der Waals surface area contributed by atoms with E-state index >= 15 is 0 Å². The lowest BCUT2D eigenvalue weighted by Gasteiger charge is -2.47. The van der Waals surface area contributed by atoms with Crippen molar-refractivity contribution in [3.63, 3.8) is 0 Å². The highest BCUT2D eigenvalue weighted by Gasteiger charge is 2.37. The average molecular weight is 197 g/mol. The third kappa shape index (κ3) is 1.96. The van der Waals surface area contributed by atoms with Gasteiger partial charge < -0.3 is 5.11 Å². The molecule has 0 amide bonds. The number of hydrogen-bond acceptors (Lipinski definition) is 2. The van der Waals surface area contributed by atoms with E-state index in [1.54, 1.807) is 0 Å². The summed E-state index contributed by atoms with van der Waals surface area (Å²) in [4.78, 5) is 2.58. The number of hydrogen-bond donors (Lipinski definition) is 1. The van der Waals surface area contributed by atoms with E-state index in [-0.39, 0.29) is 5.54 Å². The number of nitrogens with zero attached hydrogens (tertiary/aromatic N) is 1. The van der Waals surface area contributed by atoms with Gasteiger partial charge in [0.25, 0.3) is 0 Å². The van der Waals surface area contributed by atoms with Crippen molar-refractivity contribution in [2.45, 2.75) is 56.9 Å². The first-order chi connectivity index (χ1) is 6.87. The zero-order valence-electron chi connectivity index (χ0n) is 9.17. The van der Waals surface area contributed by atoms with E-state index < -0.39 is 0 Å². The third-order valence-corrected chi connectivity index (χ3v) is 4.11. The number of rotatable bonds is 2. The van der Waals surface area contributed by atoms with Crippen molar-refractivity contribution in [3.05, 3.63) is 0 Å². The van der Waals surface area contributed by atoms with Gasteiger partial charge in [-0.05, 0) is 38.8 Å². The molecule has 0 atom stereocenters. The van der Waals surface area contributed by atoms with Crippen LogP contribution in [0.4, 0.5) is 0 Å². The van der Waals surface area contributed by atoms with Crippen LogP contribution in [0.2, 0.25) is 0 Å². The highest BCUT2D eigenvalue weighted by molar-refractivity contribution is 4.93. The van der Waals surface area contributed by atoms with Crippen LogP contribution in [0.15, 0.2) is 0 Å². The molecule has 1 saturated heterocycles. The van der Waals surface area contributed by atoms with Crippen molar-refractivity contribution in [1.29, 1.82) is 0 Å². The summed E-state index contributed by atoms with van der Waals surface area (Å²) in [6.45, 7) is 2.83. The number of aliphatic hydroxyl groups is 1. The Kier molecular flexibility index (Phi) is 3.45. The van der Waals surface area contributed by atoms with Crippen LogP contribution < -0.4 is 0 Å². The van der Waals surface area contributed by atoms with Crippen LogP contribution >= 0.6 is 0 Å². The molecular formula is C12H23NO. The van der Waals surface area contributed by atoms with Gasteiger partial charge in [0, 0.05) is 5.54 Å². The van der Waals surface area contributed by atoms with E-state index in [4.69, 9.17) is 0 Å². The van der Waals surface area contributed by atoms with Crippen LogP contribution in [-0.2, 0) is 0 Å². The molecule has 0 unspecified atom stereocenters. The molecule has 0 aromatic heterocycles. The quantitative estimate of drug-likeness (QED) is 0.733. The highest BCUT2D eigenvalue weighted by atomic mass is 16.3. The maximum absolute atomic E-state index is 9.65. The van der Waals surface area contributed by atoms with Gasteiger partial charge in [0.05, 0.1) is 6.61 Å². The molecule has 0 aromatic carbocycles. The predicted octanol–water partition coefficient (Wildman–Crippen LogP) is 2.17. The maximum atomic E-state index is 9.65. The van der Waals surface area contributed by atoms with Crippen LogP contribution in [0.25, 0.3) is 0 Å². The normalized spacial score (nSPS) is 28.9. The zero-order valence-corrected chi connectivity index (χ0v) is 9.17. The van der Waals surface area contributed by atoms with Gasteiger partial charge in [-0.15, -0.1) is 0 Å². The van der Waals surface area contributed by atoms with E-state index in [0.29, 0.717) is 6.61 Å². The smallest absolute Gasteiger partial charge is 0.0615 e. The zero-order chi connectivity index (χ0) is 9.86. The lowest BCUT2D eigenvalue weighted by molar-refractivity contribution is -0.0104. The van der Waals surface area contributed by atoms with Gasteiger partial charge in [-0.3, -0.25) is 4.90 Å². The van der Waals surface area contributed by atoms with E-state index in [1.165, 1.54) is 64.5 Å². The van der Waals surface area contributed by atoms with Gasteiger partial charge in [-0.2, -0.15) is 0 Å². The molecule has 1 N–H and O–H groups in total. The number of aliphatic hydroxyl groups excluding tert-OH is 1. The summed E-state index contributed by atoms with van der Waals surface area (Å²) in [5.74, 6) is 0. The second-order valence-electron chi connectivity index (χ2n) is 4.99. The first kappa shape index (κ1) is 10.4. The summed E-state index contributed by atoms with van der Waals surface area (Å²) >= 11 is 0. The Hall–Kier alpha value is -0.0800. The van der Waals surface area contributed by atoms with E-state index in [9.17, 15) is 5.11 Å². The molecule has 2 heteroatoms. The molecule has 0 spiro atoms. The molecule has 2 nitrogen and oxygen atoms in total. The lowest BCUT2D eigenvalue weighted by Crippen LogP contribution is -2.54. The van der Waals surface area contributed by atoms with Crippen molar-refractivity contribution < 1.29 is 5.11 Å².